The smallest absolute Gasteiger partial charge is 0.330 e. The van der Waals surface area contributed by atoms with Crippen molar-refractivity contribution in [2.45, 2.75) is 19.5 Å². The van der Waals surface area contributed by atoms with Gasteiger partial charge in [0.05, 0.1) is 13.2 Å². The number of hydrogen-bond acceptors (Lipinski definition) is 6. The lowest BCUT2D eigenvalue weighted by Crippen LogP contribution is -2.41. The zero-order chi connectivity index (χ0) is 16.2. The van der Waals surface area contributed by atoms with Crippen LogP contribution < -0.4 is 22.3 Å². The van der Waals surface area contributed by atoms with Gasteiger partial charge in [-0.05, 0) is 6.92 Å². The van der Waals surface area contributed by atoms with E-state index in [9.17, 15) is 14.4 Å². The molecule has 0 bridgehead atoms. The molecular formula is C12H21N5O4. The van der Waals surface area contributed by atoms with Crippen LogP contribution in [0.3, 0.4) is 0 Å². The number of carbonyl (C=O) groups excluding carboxylic acids is 1. The second-order valence-corrected chi connectivity index (χ2v) is 4.76. The Morgan fingerprint density at radius 2 is 2.10 bits per heavy atom. The van der Waals surface area contributed by atoms with Gasteiger partial charge in [-0.25, -0.2) is 4.79 Å². The van der Waals surface area contributed by atoms with E-state index in [1.54, 1.807) is 21.0 Å². The Morgan fingerprint density at radius 1 is 1.48 bits per heavy atom. The van der Waals surface area contributed by atoms with Gasteiger partial charge in [-0.3, -0.25) is 19.1 Å². The Kier molecular flexibility index (Phi) is 5.53. The molecule has 0 radical (unpaired) electrons. The number of nitrogen functional groups attached to an aromatic ring is 1. The topological polar surface area (TPSA) is 122 Å². The van der Waals surface area contributed by atoms with E-state index >= 15 is 0 Å². The van der Waals surface area contributed by atoms with E-state index in [0.29, 0.717) is 0 Å². The standard InChI is InChI=1S/C12H21N5O4/c1-7(11(19)16(2)3)14-8-9(13)17(5-6-21-4)12(20)15-10(8)18/h7,14H,5-6,13H2,1-4H3,(H,15,18,20). The second-order valence-electron chi connectivity index (χ2n) is 4.76. The molecule has 4 N–H and O–H groups in total. The number of nitrogens with two attached hydrogens (primary N) is 1. The molecule has 1 aromatic rings. The summed E-state index contributed by atoms with van der Waals surface area (Å²) in [5, 5.41) is 2.74. The lowest BCUT2D eigenvalue weighted by atomic mass is 10.3. The molecule has 0 aromatic carbocycles. The molecular weight excluding hydrogens is 278 g/mol. The van der Waals surface area contributed by atoms with E-state index in [0.717, 1.165) is 0 Å². The van der Waals surface area contributed by atoms with Crippen LogP contribution in [0, 0.1) is 0 Å². The van der Waals surface area contributed by atoms with Crippen molar-refractivity contribution in [3.63, 3.8) is 0 Å². The molecule has 1 amide bonds. The van der Waals surface area contributed by atoms with Crippen LogP contribution in [0.25, 0.3) is 0 Å². The van der Waals surface area contributed by atoms with E-state index in [1.807, 2.05) is 0 Å². The van der Waals surface area contributed by atoms with Gasteiger partial charge in [0.2, 0.25) is 5.91 Å². The van der Waals surface area contributed by atoms with Gasteiger partial charge in [0, 0.05) is 21.2 Å². The van der Waals surface area contributed by atoms with Crippen LogP contribution >= 0.6 is 0 Å². The minimum Gasteiger partial charge on any atom is -0.383 e. The largest absolute Gasteiger partial charge is 0.383 e. The molecule has 0 aliphatic rings. The molecule has 9 heteroatoms. The third-order valence-electron chi connectivity index (χ3n) is 2.93. The molecule has 21 heavy (non-hydrogen) atoms. The Balaban J connectivity index is 3.15. The summed E-state index contributed by atoms with van der Waals surface area (Å²) in [6.45, 7) is 2.07. The zero-order valence-corrected chi connectivity index (χ0v) is 12.6. The first-order valence-electron chi connectivity index (χ1n) is 6.38. The lowest BCUT2D eigenvalue weighted by Gasteiger charge is -2.20. The van der Waals surface area contributed by atoms with Crippen molar-refractivity contribution in [1.29, 1.82) is 0 Å². The number of likely N-dealkylation sites (N-methyl/N-ethyl adjacent to an activating group) is 1. The average Bonchev–Trinajstić information content (AvgIpc) is 2.41. The van der Waals surface area contributed by atoms with E-state index in [-0.39, 0.29) is 30.6 Å². The van der Waals surface area contributed by atoms with Crippen molar-refractivity contribution in [3.05, 3.63) is 20.8 Å². The highest BCUT2D eigenvalue weighted by molar-refractivity contribution is 5.84. The first-order chi connectivity index (χ1) is 9.79. The van der Waals surface area contributed by atoms with Crippen molar-refractivity contribution < 1.29 is 9.53 Å². The molecule has 118 valence electrons. The number of nitrogens with zero attached hydrogens (tertiary/aromatic N) is 2. The van der Waals surface area contributed by atoms with Crippen LogP contribution in [0.2, 0.25) is 0 Å². The highest BCUT2D eigenvalue weighted by Crippen LogP contribution is 2.11. The van der Waals surface area contributed by atoms with E-state index in [1.165, 1.54) is 16.6 Å². The predicted molar refractivity (Wildman–Crippen MR) is 79.4 cm³/mol. The number of ether oxygens (including phenoxy) is 1. The van der Waals surface area contributed by atoms with Crippen LogP contribution in [0.15, 0.2) is 9.59 Å². The molecule has 0 saturated heterocycles. The molecule has 0 fully saturated rings. The Morgan fingerprint density at radius 3 is 2.62 bits per heavy atom. The summed E-state index contributed by atoms with van der Waals surface area (Å²) in [5.41, 5.74) is 4.56. The maximum atomic E-state index is 11.8. The number of methoxy groups -OCH3 is 1. The van der Waals surface area contributed by atoms with Gasteiger partial charge in [-0.1, -0.05) is 0 Å². The van der Waals surface area contributed by atoms with Gasteiger partial charge in [0.15, 0.2) is 0 Å². The molecule has 0 spiro atoms. The van der Waals surface area contributed by atoms with Crippen LogP contribution in [0.5, 0.6) is 0 Å². The molecule has 0 aliphatic heterocycles. The minimum atomic E-state index is -0.662. The minimum absolute atomic E-state index is 0.00611. The van der Waals surface area contributed by atoms with E-state index in [2.05, 4.69) is 10.3 Å². The van der Waals surface area contributed by atoms with Crippen molar-refractivity contribution in [2.24, 2.45) is 0 Å². The molecule has 0 aliphatic carbocycles. The quantitative estimate of drug-likeness (QED) is 0.597. The van der Waals surface area contributed by atoms with Gasteiger partial charge >= 0.3 is 5.69 Å². The zero-order valence-electron chi connectivity index (χ0n) is 12.6. The monoisotopic (exact) mass is 299 g/mol. The summed E-state index contributed by atoms with van der Waals surface area (Å²) >= 11 is 0. The molecule has 1 unspecified atom stereocenters. The number of nitrogens with one attached hydrogen (secondary N) is 2. The summed E-state index contributed by atoms with van der Waals surface area (Å²) in [5.74, 6) is -0.248. The predicted octanol–water partition coefficient (Wildman–Crippen LogP) is -1.35. The van der Waals surface area contributed by atoms with E-state index < -0.39 is 17.3 Å². The van der Waals surface area contributed by atoms with E-state index in [4.69, 9.17) is 10.5 Å². The van der Waals surface area contributed by atoms with Crippen LogP contribution in [0.4, 0.5) is 11.5 Å². The Labute approximate surface area is 121 Å². The first kappa shape index (κ1) is 16.8. The lowest BCUT2D eigenvalue weighted by molar-refractivity contribution is -0.129. The summed E-state index contributed by atoms with van der Waals surface area (Å²) in [6, 6.07) is -0.656. The number of amides is 1. The van der Waals surface area contributed by atoms with Crippen molar-refractivity contribution in [2.75, 3.05) is 38.9 Å². The highest BCUT2D eigenvalue weighted by atomic mass is 16.5. The maximum absolute atomic E-state index is 11.8. The van der Waals surface area contributed by atoms with Crippen molar-refractivity contribution in [1.82, 2.24) is 14.5 Å². The third kappa shape index (κ3) is 3.85. The number of aromatic amines is 1. The SMILES string of the molecule is COCCn1c(N)c(NC(C)C(=O)N(C)C)c(=O)[nH]c1=O. The number of hydrogen-bond donors (Lipinski definition) is 3. The fraction of sp³-hybridized carbons (Fsp3) is 0.583. The highest BCUT2D eigenvalue weighted by Gasteiger charge is 2.19. The molecule has 0 saturated carbocycles. The van der Waals surface area contributed by atoms with Crippen molar-refractivity contribution in [3.8, 4) is 0 Å². The molecule has 1 aromatic heterocycles. The van der Waals surface area contributed by atoms with Gasteiger partial charge in [-0.2, -0.15) is 0 Å². The summed E-state index contributed by atoms with van der Waals surface area (Å²) in [6.07, 6.45) is 0. The second kappa shape index (κ2) is 6.93. The van der Waals surface area contributed by atoms with Crippen LogP contribution in [-0.2, 0) is 16.1 Å². The Hall–Kier alpha value is -2.29. The third-order valence-corrected chi connectivity index (χ3v) is 2.93. The number of carbonyl (C=O) groups is 1. The molecule has 1 heterocycles. The fourth-order valence-electron chi connectivity index (χ4n) is 1.80. The molecule has 1 atom stereocenters. The number of aromatic nitrogens is 2. The first-order valence-corrected chi connectivity index (χ1v) is 6.38. The van der Waals surface area contributed by atoms with Gasteiger partial charge in [-0.15, -0.1) is 0 Å². The normalized spacial score (nSPS) is 12.0. The van der Waals surface area contributed by atoms with Gasteiger partial charge < -0.3 is 20.7 Å². The molecule has 9 nitrogen and oxygen atoms in total. The van der Waals surface area contributed by atoms with Crippen molar-refractivity contribution >= 4 is 17.4 Å². The average molecular weight is 299 g/mol. The summed E-state index contributed by atoms with van der Waals surface area (Å²) in [4.78, 5) is 38.9. The van der Waals surface area contributed by atoms with Gasteiger partial charge in [0.25, 0.3) is 5.56 Å². The van der Waals surface area contributed by atoms with Crippen LogP contribution in [-0.4, -0.2) is 54.2 Å². The number of rotatable bonds is 6. The Bertz CT molecular complexity index is 619. The molecule has 1 rings (SSSR count). The fourth-order valence-corrected chi connectivity index (χ4v) is 1.80. The van der Waals surface area contributed by atoms with Gasteiger partial charge in [0.1, 0.15) is 17.5 Å². The summed E-state index contributed by atoms with van der Waals surface area (Å²) in [7, 11) is 4.70. The number of H-pyrrole nitrogens is 1. The maximum Gasteiger partial charge on any atom is 0.330 e. The van der Waals surface area contributed by atoms with Crippen LogP contribution in [0.1, 0.15) is 6.92 Å². The summed E-state index contributed by atoms with van der Waals surface area (Å²) < 4.78 is 6.07. The number of anilines is 2.